The number of esters is 1. The van der Waals surface area contributed by atoms with Crippen molar-refractivity contribution in [1.82, 2.24) is 14.0 Å². The smallest absolute Gasteiger partial charge is 0.341 e. The summed E-state index contributed by atoms with van der Waals surface area (Å²) in [6.45, 7) is 7.10. The monoisotopic (exact) mass is 474 g/mol. The number of carbonyl (C=O) groups excluding carboxylic acids is 2. The molecule has 0 fully saturated rings. The molecule has 35 heavy (non-hydrogen) atoms. The molecule has 1 atom stereocenters. The van der Waals surface area contributed by atoms with Crippen LogP contribution in [0.15, 0.2) is 70.6 Å². The fraction of sp³-hybridized carbons (Fsp3) is 0.269. The largest absolute Gasteiger partial charge is 0.481 e. The normalized spacial score (nSPS) is 12.8. The summed E-state index contributed by atoms with van der Waals surface area (Å²) >= 11 is 0. The Balaban J connectivity index is 1.99. The SMILES string of the molecule is CCOC(=O)c1cc2c(=O)n3ccccc3nc2n(C(C)C)c1=NC(=O)[C@H](C)Oc1ccccc1. The maximum absolute atomic E-state index is 13.3. The molecule has 1 amide bonds. The van der Waals surface area contributed by atoms with Gasteiger partial charge in [0.15, 0.2) is 11.6 Å². The third-order valence-corrected chi connectivity index (χ3v) is 5.37. The Labute approximate surface area is 201 Å². The maximum Gasteiger partial charge on any atom is 0.341 e. The van der Waals surface area contributed by atoms with Crippen LogP contribution in [0.4, 0.5) is 0 Å². The first-order chi connectivity index (χ1) is 16.8. The molecule has 0 bridgehead atoms. The molecule has 1 aromatic carbocycles. The highest BCUT2D eigenvalue weighted by Gasteiger charge is 2.22. The van der Waals surface area contributed by atoms with Crippen molar-refractivity contribution in [2.75, 3.05) is 6.61 Å². The summed E-state index contributed by atoms with van der Waals surface area (Å²) in [5.41, 5.74) is 0.465. The zero-order valence-corrected chi connectivity index (χ0v) is 20.0. The van der Waals surface area contributed by atoms with Gasteiger partial charge in [0.25, 0.3) is 11.5 Å². The molecule has 3 heterocycles. The molecule has 0 radical (unpaired) electrons. The van der Waals surface area contributed by atoms with Crippen molar-refractivity contribution in [1.29, 1.82) is 0 Å². The molecule has 0 aliphatic carbocycles. The van der Waals surface area contributed by atoms with Crippen LogP contribution in [0.5, 0.6) is 5.75 Å². The lowest BCUT2D eigenvalue weighted by Gasteiger charge is -2.18. The van der Waals surface area contributed by atoms with E-state index in [4.69, 9.17) is 9.47 Å². The van der Waals surface area contributed by atoms with Crippen LogP contribution in [0, 0.1) is 0 Å². The van der Waals surface area contributed by atoms with Crippen molar-refractivity contribution in [3.63, 3.8) is 0 Å². The fourth-order valence-electron chi connectivity index (χ4n) is 3.75. The van der Waals surface area contributed by atoms with Crippen molar-refractivity contribution in [3.05, 3.63) is 82.2 Å². The van der Waals surface area contributed by atoms with E-state index in [2.05, 4.69) is 9.98 Å². The molecule has 0 aliphatic rings. The minimum Gasteiger partial charge on any atom is -0.481 e. The fourth-order valence-corrected chi connectivity index (χ4v) is 3.75. The standard InChI is InChI=1S/C26H26N4O5/c1-5-34-26(33)20-15-19-22(27-21-13-9-10-14-29(21)25(19)32)30(16(2)3)23(20)28-24(31)17(4)35-18-11-7-6-8-12-18/h6-17H,5H2,1-4H3/t17-/m0/s1. The number of hydrogen-bond acceptors (Lipinski definition) is 6. The van der Waals surface area contributed by atoms with Crippen molar-refractivity contribution in [2.45, 2.75) is 39.8 Å². The lowest BCUT2D eigenvalue weighted by Crippen LogP contribution is -2.35. The van der Waals surface area contributed by atoms with Crippen LogP contribution in [0.25, 0.3) is 16.7 Å². The molecule has 0 aliphatic heterocycles. The molecule has 3 aromatic heterocycles. The summed E-state index contributed by atoms with van der Waals surface area (Å²) < 4.78 is 14.0. The van der Waals surface area contributed by atoms with E-state index >= 15 is 0 Å². The predicted octanol–water partition coefficient (Wildman–Crippen LogP) is 3.30. The van der Waals surface area contributed by atoms with Gasteiger partial charge in [0.2, 0.25) is 0 Å². The Bertz CT molecular complexity index is 1540. The maximum atomic E-state index is 13.3. The van der Waals surface area contributed by atoms with Crippen LogP contribution in [-0.4, -0.2) is 38.5 Å². The first-order valence-corrected chi connectivity index (χ1v) is 11.4. The first kappa shape index (κ1) is 23.9. The lowest BCUT2D eigenvalue weighted by atomic mass is 10.2. The Morgan fingerprint density at radius 2 is 1.77 bits per heavy atom. The van der Waals surface area contributed by atoms with Crippen molar-refractivity contribution in [3.8, 4) is 5.75 Å². The Hall–Kier alpha value is -4.27. The quantitative estimate of drug-likeness (QED) is 0.314. The molecule has 0 saturated heterocycles. The number of rotatable bonds is 6. The van der Waals surface area contributed by atoms with Gasteiger partial charge in [-0.25, -0.2) is 9.78 Å². The van der Waals surface area contributed by atoms with Gasteiger partial charge in [0.05, 0.1) is 12.0 Å². The van der Waals surface area contributed by atoms with E-state index < -0.39 is 18.0 Å². The molecule has 0 spiro atoms. The highest BCUT2D eigenvalue weighted by atomic mass is 16.5. The van der Waals surface area contributed by atoms with Gasteiger partial charge in [-0.15, -0.1) is 0 Å². The summed E-state index contributed by atoms with van der Waals surface area (Å²) in [5.74, 6) is -0.763. The van der Waals surface area contributed by atoms with E-state index in [1.807, 2.05) is 19.9 Å². The predicted molar refractivity (Wildman–Crippen MR) is 130 cm³/mol. The molecule has 9 heteroatoms. The van der Waals surface area contributed by atoms with E-state index in [0.29, 0.717) is 17.0 Å². The minimum absolute atomic E-state index is 0.00286. The van der Waals surface area contributed by atoms with Crippen LogP contribution in [0.3, 0.4) is 0 Å². The molecule has 4 aromatic rings. The number of aromatic nitrogens is 3. The highest BCUT2D eigenvalue weighted by Crippen LogP contribution is 2.16. The molecule has 4 rings (SSSR count). The topological polar surface area (TPSA) is 104 Å². The van der Waals surface area contributed by atoms with Gasteiger partial charge < -0.3 is 14.0 Å². The van der Waals surface area contributed by atoms with Crippen LogP contribution < -0.4 is 15.8 Å². The average molecular weight is 475 g/mol. The summed E-state index contributed by atoms with van der Waals surface area (Å²) in [4.78, 5) is 48.3. The summed E-state index contributed by atoms with van der Waals surface area (Å²) in [5, 5.41) is 0.213. The molecule has 180 valence electrons. The average Bonchev–Trinajstić information content (AvgIpc) is 2.84. The first-order valence-electron chi connectivity index (χ1n) is 11.4. The molecule has 0 saturated carbocycles. The van der Waals surface area contributed by atoms with E-state index in [-0.39, 0.29) is 34.6 Å². The number of hydrogen-bond donors (Lipinski definition) is 0. The number of fused-ring (bicyclic) bond motifs is 2. The number of pyridine rings is 2. The highest BCUT2D eigenvalue weighted by molar-refractivity contribution is 5.94. The van der Waals surface area contributed by atoms with E-state index in [9.17, 15) is 14.4 Å². The Kier molecular flexibility index (Phi) is 6.77. The number of para-hydroxylation sites is 1. The van der Waals surface area contributed by atoms with Crippen LogP contribution in [-0.2, 0) is 9.53 Å². The third kappa shape index (κ3) is 4.70. The molecule has 0 unspecified atom stereocenters. The van der Waals surface area contributed by atoms with Gasteiger partial charge in [-0.2, -0.15) is 4.99 Å². The summed E-state index contributed by atoms with van der Waals surface area (Å²) in [6, 6.07) is 15.2. The van der Waals surface area contributed by atoms with Gasteiger partial charge in [-0.3, -0.25) is 14.0 Å². The molecular weight excluding hydrogens is 448 g/mol. The van der Waals surface area contributed by atoms with Gasteiger partial charge in [-0.05, 0) is 58.0 Å². The van der Waals surface area contributed by atoms with Crippen molar-refractivity contribution < 1.29 is 19.1 Å². The second kappa shape index (κ2) is 9.92. The number of carbonyl (C=O) groups is 2. The summed E-state index contributed by atoms with van der Waals surface area (Å²) in [7, 11) is 0. The second-order valence-electron chi connectivity index (χ2n) is 8.17. The number of ether oxygens (including phenoxy) is 2. The van der Waals surface area contributed by atoms with Gasteiger partial charge in [0, 0.05) is 12.2 Å². The zero-order valence-electron chi connectivity index (χ0n) is 20.0. The van der Waals surface area contributed by atoms with Gasteiger partial charge in [0.1, 0.15) is 22.6 Å². The van der Waals surface area contributed by atoms with Crippen molar-refractivity contribution >= 4 is 28.6 Å². The number of nitrogens with zero attached hydrogens (tertiary/aromatic N) is 4. The van der Waals surface area contributed by atoms with Crippen LogP contribution in [0.2, 0.25) is 0 Å². The van der Waals surface area contributed by atoms with E-state index in [1.54, 1.807) is 67.1 Å². The Morgan fingerprint density at radius 1 is 1.06 bits per heavy atom. The molecular formula is C26H26N4O5. The minimum atomic E-state index is -0.918. The third-order valence-electron chi connectivity index (χ3n) is 5.37. The molecule has 0 N–H and O–H groups in total. The van der Waals surface area contributed by atoms with Gasteiger partial charge in [-0.1, -0.05) is 24.3 Å². The Morgan fingerprint density at radius 3 is 2.46 bits per heavy atom. The summed E-state index contributed by atoms with van der Waals surface area (Å²) in [6.07, 6.45) is 0.692. The van der Waals surface area contributed by atoms with Crippen molar-refractivity contribution in [2.24, 2.45) is 4.99 Å². The van der Waals surface area contributed by atoms with Crippen LogP contribution >= 0.6 is 0 Å². The lowest BCUT2D eigenvalue weighted by molar-refractivity contribution is -0.124. The van der Waals surface area contributed by atoms with Crippen LogP contribution in [0.1, 0.15) is 44.1 Å². The van der Waals surface area contributed by atoms with E-state index in [1.165, 1.54) is 10.5 Å². The second-order valence-corrected chi connectivity index (χ2v) is 8.17. The number of amides is 1. The van der Waals surface area contributed by atoms with E-state index in [0.717, 1.165) is 0 Å². The molecule has 9 nitrogen and oxygen atoms in total. The zero-order chi connectivity index (χ0) is 25.1. The van der Waals surface area contributed by atoms with Gasteiger partial charge >= 0.3 is 5.97 Å². The number of benzene rings is 1.